The quantitative estimate of drug-likeness (QED) is 0.433. The van der Waals surface area contributed by atoms with Gasteiger partial charge in [-0.1, -0.05) is 0 Å². The maximum absolute atomic E-state index is 8.84. The van der Waals surface area contributed by atoms with Crippen molar-refractivity contribution in [2.45, 2.75) is 19.8 Å². The van der Waals surface area contributed by atoms with Crippen molar-refractivity contribution in [3.63, 3.8) is 0 Å². The molecule has 0 amide bonds. The molecule has 3 heteroatoms. The fourth-order valence-electron chi connectivity index (χ4n) is 1.45. The molecule has 1 aliphatic heterocycles. The minimum Gasteiger partial charge on any atom is -0.396 e. The van der Waals surface area contributed by atoms with Gasteiger partial charge in [0.25, 0.3) is 0 Å². The average molecular weight is 156 g/mol. The highest BCUT2D eigenvalue weighted by atomic mass is 16.3. The molecule has 0 bridgehead atoms. The van der Waals surface area contributed by atoms with Gasteiger partial charge in [-0.3, -0.25) is 5.41 Å². The van der Waals surface area contributed by atoms with Gasteiger partial charge in [0.15, 0.2) is 0 Å². The first-order valence-electron chi connectivity index (χ1n) is 4.15. The van der Waals surface area contributed by atoms with E-state index >= 15 is 0 Å². The van der Waals surface area contributed by atoms with Gasteiger partial charge in [-0.15, -0.1) is 0 Å². The van der Waals surface area contributed by atoms with Crippen LogP contribution in [0.15, 0.2) is 0 Å². The Morgan fingerprint density at radius 3 is 2.45 bits per heavy atom. The van der Waals surface area contributed by atoms with Crippen molar-refractivity contribution >= 4 is 5.84 Å². The van der Waals surface area contributed by atoms with Gasteiger partial charge in [0.1, 0.15) is 0 Å². The molecule has 0 unspecified atom stereocenters. The first-order valence-corrected chi connectivity index (χ1v) is 4.15. The van der Waals surface area contributed by atoms with Crippen LogP contribution in [0.4, 0.5) is 0 Å². The Hall–Kier alpha value is -0.570. The SMILES string of the molecule is CC(=N)N1CCC(CO)CC1. The number of amidine groups is 1. The molecule has 0 spiro atoms. The molecular weight excluding hydrogens is 140 g/mol. The van der Waals surface area contributed by atoms with Gasteiger partial charge in [-0.25, -0.2) is 0 Å². The minimum absolute atomic E-state index is 0.310. The van der Waals surface area contributed by atoms with Crippen molar-refractivity contribution in [3.8, 4) is 0 Å². The van der Waals surface area contributed by atoms with E-state index in [2.05, 4.69) is 4.90 Å². The lowest BCUT2D eigenvalue weighted by Gasteiger charge is -2.31. The van der Waals surface area contributed by atoms with Crippen molar-refractivity contribution in [2.75, 3.05) is 19.7 Å². The molecule has 0 aromatic carbocycles. The molecule has 1 aliphatic rings. The third-order valence-electron chi connectivity index (χ3n) is 2.35. The van der Waals surface area contributed by atoms with E-state index < -0.39 is 0 Å². The Morgan fingerprint density at radius 2 is 2.09 bits per heavy atom. The molecule has 1 heterocycles. The second-order valence-electron chi connectivity index (χ2n) is 3.20. The molecule has 11 heavy (non-hydrogen) atoms. The third-order valence-corrected chi connectivity index (χ3v) is 2.35. The average Bonchev–Trinajstić information content (AvgIpc) is 2.05. The van der Waals surface area contributed by atoms with Crippen molar-refractivity contribution in [1.29, 1.82) is 5.41 Å². The van der Waals surface area contributed by atoms with Crippen molar-refractivity contribution in [2.24, 2.45) is 5.92 Å². The third kappa shape index (κ3) is 2.19. The topological polar surface area (TPSA) is 47.3 Å². The van der Waals surface area contributed by atoms with Crippen LogP contribution in [-0.2, 0) is 0 Å². The maximum atomic E-state index is 8.84. The number of hydrogen-bond donors (Lipinski definition) is 2. The van der Waals surface area contributed by atoms with E-state index in [1.165, 1.54) is 0 Å². The van der Waals surface area contributed by atoms with E-state index in [0.29, 0.717) is 18.4 Å². The molecular formula is C8H16N2O. The van der Waals surface area contributed by atoms with Gasteiger partial charge in [-0.2, -0.15) is 0 Å². The zero-order chi connectivity index (χ0) is 8.27. The van der Waals surface area contributed by atoms with E-state index in [-0.39, 0.29) is 0 Å². The zero-order valence-electron chi connectivity index (χ0n) is 7.01. The first kappa shape index (κ1) is 8.53. The second kappa shape index (κ2) is 3.72. The normalized spacial score (nSPS) is 20.4. The summed E-state index contributed by atoms with van der Waals surface area (Å²) >= 11 is 0. The minimum atomic E-state index is 0.310. The molecule has 64 valence electrons. The van der Waals surface area contributed by atoms with Gasteiger partial charge in [0, 0.05) is 19.7 Å². The summed E-state index contributed by atoms with van der Waals surface area (Å²) < 4.78 is 0. The summed E-state index contributed by atoms with van der Waals surface area (Å²) in [5, 5.41) is 16.2. The summed E-state index contributed by atoms with van der Waals surface area (Å²) in [6, 6.07) is 0. The molecule has 1 fully saturated rings. The molecule has 0 aromatic rings. The molecule has 3 nitrogen and oxygen atoms in total. The van der Waals surface area contributed by atoms with Crippen molar-refractivity contribution in [1.82, 2.24) is 4.90 Å². The van der Waals surface area contributed by atoms with Crippen LogP contribution in [0.2, 0.25) is 0 Å². The number of aliphatic hydroxyl groups is 1. The summed E-state index contributed by atoms with van der Waals surface area (Å²) in [6.45, 7) is 4.02. The lowest BCUT2D eigenvalue weighted by atomic mass is 9.98. The molecule has 0 aliphatic carbocycles. The van der Waals surface area contributed by atoms with Crippen LogP contribution in [0.5, 0.6) is 0 Å². The zero-order valence-corrected chi connectivity index (χ0v) is 7.01. The lowest BCUT2D eigenvalue weighted by molar-refractivity contribution is 0.165. The van der Waals surface area contributed by atoms with E-state index in [4.69, 9.17) is 10.5 Å². The molecule has 2 N–H and O–H groups in total. The van der Waals surface area contributed by atoms with Gasteiger partial charge >= 0.3 is 0 Å². The van der Waals surface area contributed by atoms with Crippen molar-refractivity contribution < 1.29 is 5.11 Å². The number of aliphatic hydroxyl groups excluding tert-OH is 1. The Balaban J connectivity index is 2.30. The predicted octanol–water partition coefficient (Wildman–Crippen LogP) is 0.688. The summed E-state index contributed by atoms with van der Waals surface area (Å²) in [5.41, 5.74) is 0. The molecule has 0 radical (unpaired) electrons. The van der Waals surface area contributed by atoms with Gasteiger partial charge in [-0.05, 0) is 25.7 Å². The highest BCUT2D eigenvalue weighted by molar-refractivity contribution is 5.76. The first-order chi connectivity index (χ1) is 5.24. The van der Waals surface area contributed by atoms with Gasteiger partial charge in [0.2, 0.25) is 0 Å². The van der Waals surface area contributed by atoms with Crippen LogP contribution >= 0.6 is 0 Å². The smallest absolute Gasteiger partial charge is 0.0925 e. The largest absolute Gasteiger partial charge is 0.396 e. The highest BCUT2D eigenvalue weighted by Crippen LogP contribution is 2.15. The van der Waals surface area contributed by atoms with Gasteiger partial charge in [0.05, 0.1) is 5.84 Å². The Bertz CT molecular complexity index is 139. The van der Waals surface area contributed by atoms with Crippen LogP contribution in [0.25, 0.3) is 0 Å². The van der Waals surface area contributed by atoms with Crippen LogP contribution < -0.4 is 0 Å². The van der Waals surface area contributed by atoms with E-state index in [1.54, 1.807) is 0 Å². The lowest BCUT2D eigenvalue weighted by Crippen LogP contribution is -2.37. The highest BCUT2D eigenvalue weighted by Gasteiger charge is 2.17. The predicted molar refractivity (Wildman–Crippen MR) is 44.8 cm³/mol. The number of nitrogens with one attached hydrogen (secondary N) is 1. The van der Waals surface area contributed by atoms with Crippen LogP contribution in [-0.4, -0.2) is 35.5 Å². The van der Waals surface area contributed by atoms with Crippen LogP contribution in [0.1, 0.15) is 19.8 Å². The van der Waals surface area contributed by atoms with E-state index in [0.717, 1.165) is 25.9 Å². The summed E-state index contributed by atoms with van der Waals surface area (Å²) in [4.78, 5) is 2.06. The number of hydrogen-bond acceptors (Lipinski definition) is 2. The molecule has 0 aromatic heterocycles. The molecule has 0 saturated carbocycles. The fraction of sp³-hybridized carbons (Fsp3) is 0.875. The van der Waals surface area contributed by atoms with E-state index in [1.807, 2.05) is 6.92 Å². The number of likely N-dealkylation sites (tertiary alicyclic amines) is 1. The Morgan fingerprint density at radius 1 is 1.55 bits per heavy atom. The standard InChI is InChI=1S/C8H16N2O/c1-7(9)10-4-2-8(6-11)3-5-10/h8-9,11H,2-6H2,1H3. The summed E-state index contributed by atoms with van der Waals surface area (Å²) in [7, 11) is 0. The van der Waals surface area contributed by atoms with E-state index in [9.17, 15) is 0 Å². The molecule has 0 atom stereocenters. The summed E-state index contributed by atoms with van der Waals surface area (Å²) in [6.07, 6.45) is 2.07. The Labute approximate surface area is 67.5 Å². The molecule has 1 rings (SSSR count). The van der Waals surface area contributed by atoms with Crippen molar-refractivity contribution in [3.05, 3.63) is 0 Å². The number of nitrogens with zero attached hydrogens (tertiary/aromatic N) is 1. The Kier molecular flexibility index (Phi) is 2.88. The fourth-order valence-corrected chi connectivity index (χ4v) is 1.45. The van der Waals surface area contributed by atoms with Crippen LogP contribution in [0, 0.1) is 11.3 Å². The summed E-state index contributed by atoms with van der Waals surface area (Å²) in [5.74, 6) is 1.13. The second-order valence-corrected chi connectivity index (χ2v) is 3.20. The van der Waals surface area contributed by atoms with Crippen LogP contribution in [0.3, 0.4) is 0 Å². The molecule has 1 saturated heterocycles. The van der Waals surface area contributed by atoms with Gasteiger partial charge < -0.3 is 10.0 Å². The maximum Gasteiger partial charge on any atom is 0.0925 e. The number of piperidine rings is 1. The number of rotatable bonds is 1. The monoisotopic (exact) mass is 156 g/mol.